The molecule has 1 atom stereocenters. The Morgan fingerprint density at radius 1 is 1.22 bits per heavy atom. The summed E-state index contributed by atoms with van der Waals surface area (Å²) in [4.78, 5) is 40.9. The van der Waals surface area contributed by atoms with Gasteiger partial charge < -0.3 is 15.0 Å². The number of Topliss-reactive ketones (excluding diaryl/α,β-unsaturated/α-hetero) is 1. The molecule has 142 valence electrons. The first-order valence-corrected chi connectivity index (χ1v) is 9.60. The molecule has 0 radical (unpaired) electrons. The average Bonchev–Trinajstić information content (AvgIpc) is 3.02. The van der Waals surface area contributed by atoms with E-state index in [0.29, 0.717) is 17.0 Å². The van der Waals surface area contributed by atoms with Gasteiger partial charge in [0.15, 0.2) is 11.9 Å². The van der Waals surface area contributed by atoms with Crippen LogP contribution in [0.3, 0.4) is 0 Å². The number of aryl methyl sites for hydroxylation is 2. The number of fused-ring (bicyclic) bond motifs is 1. The van der Waals surface area contributed by atoms with Crippen LogP contribution >= 0.6 is 11.3 Å². The zero-order valence-electron chi connectivity index (χ0n) is 15.6. The summed E-state index contributed by atoms with van der Waals surface area (Å²) in [6.45, 7) is 4.00. The topological polar surface area (TPSA) is 75.7 Å². The van der Waals surface area contributed by atoms with Crippen molar-refractivity contribution in [2.24, 2.45) is 0 Å². The maximum absolute atomic E-state index is 12.8. The number of ketones is 1. The molecule has 6 nitrogen and oxygen atoms in total. The van der Waals surface area contributed by atoms with Crippen molar-refractivity contribution in [3.05, 3.63) is 45.6 Å². The molecule has 2 aromatic rings. The fourth-order valence-corrected chi connectivity index (χ4v) is 4.11. The van der Waals surface area contributed by atoms with Crippen LogP contribution in [0, 0.1) is 13.8 Å². The van der Waals surface area contributed by atoms with E-state index in [4.69, 9.17) is 4.74 Å². The number of rotatable bonds is 5. The van der Waals surface area contributed by atoms with E-state index in [2.05, 4.69) is 5.32 Å². The van der Waals surface area contributed by atoms with Gasteiger partial charge in [-0.1, -0.05) is 12.1 Å². The average molecular weight is 386 g/mol. The second-order valence-electron chi connectivity index (χ2n) is 6.44. The minimum Gasteiger partial charge on any atom is -0.477 e. The fourth-order valence-electron chi connectivity index (χ4n) is 3.17. The van der Waals surface area contributed by atoms with E-state index in [1.54, 1.807) is 29.5 Å². The minimum atomic E-state index is -0.772. The second-order valence-corrected chi connectivity index (χ2v) is 7.90. The third kappa shape index (κ3) is 4.03. The molecule has 1 aromatic heterocycles. The maximum atomic E-state index is 12.8. The summed E-state index contributed by atoms with van der Waals surface area (Å²) in [6.07, 6.45) is -0.548. The first-order chi connectivity index (χ1) is 12.9. The van der Waals surface area contributed by atoms with Crippen LogP contribution < -0.4 is 15.0 Å². The molecule has 0 bridgehead atoms. The van der Waals surface area contributed by atoms with E-state index in [-0.39, 0.29) is 37.0 Å². The van der Waals surface area contributed by atoms with Crippen molar-refractivity contribution in [2.45, 2.75) is 32.8 Å². The van der Waals surface area contributed by atoms with Gasteiger partial charge in [-0.05, 0) is 32.0 Å². The van der Waals surface area contributed by atoms with Gasteiger partial charge in [0.25, 0.3) is 5.91 Å². The first-order valence-electron chi connectivity index (χ1n) is 8.78. The van der Waals surface area contributed by atoms with Gasteiger partial charge in [0.1, 0.15) is 5.75 Å². The Bertz CT molecular complexity index is 890. The van der Waals surface area contributed by atoms with Crippen LogP contribution in [-0.4, -0.2) is 37.3 Å². The highest BCUT2D eigenvalue weighted by Gasteiger charge is 2.33. The predicted octanol–water partition coefficient (Wildman–Crippen LogP) is 2.87. The number of thiophene rings is 1. The Labute approximate surface area is 162 Å². The number of para-hydroxylation sites is 2. The van der Waals surface area contributed by atoms with Gasteiger partial charge in [0, 0.05) is 35.2 Å². The number of carbonyl (C=O) groups excluding carboxylic acids is 3. The van der Waals surface area contributed by atoms with Crippen LogP contribution in [0.1, 0.15) is 33.0 Å². The molecule has 0 spiro atoms. The number of hydrogen-bond acceptors (Lipinski definition) is 5. The standard InChI is InChI=1S/C20H22N2O4S/c1-12-10-14(13(2)27-12)16(23)8-9-19(24)22-11-18(20(25)21-3)26-17-7-5-4-6-15(17)22/h4-7,10,18H,8-9,11H2,1-3H3,(H,21,25)/t18-/m1/s1. The molecule has 27 heavy (non-hydrogen) atoms. The highest BCUT2D eigenvalue weighted by atomic mass is 32.1. The Morgan fingerprint density at radius 2 is 1.96 bits per heavy atom. The largest absolute Gasteiger partial charge is 0.477 e. The zero-order chi connectivity index (χ0) is 19.6. The lowest BCUT2D eigenvalue weighted by molar-refractivity contribution is -0.127. The van der Waals surface area contributed by atoms with Crippen molar-refractivity contribution in [3.63, 3.8) is 0 Å². The molecule has 0 unspecified atom stereocenters. The normalized spacial score (nSPS) is 15.7. The number of amides is 2. The molecule has 0 aliphatic carbocycles. The molecule has 3 rings (SSSR count). The Hall–Kier alpha value is -2.67. The lowest BCUT2D eigenvalue weighted by Crippen LogP contribution is -2.50. The quantitative estimate of drug-likeness (QED) is 0.802. The maximum Gasteiger partial charge on any atom is 0.262 e. The lowest BCUT2D eigenvalue weighted by atomic mass is 10.1. The summed E-state index contributed by atoms with van der Waals surface area (Å²) < 4.78 is 5.71. The van der Waals surface area contributed by atoms with Crippen molar-refractivity contribution < 1.29 is 19.1 Å². The molecule has 1 aliphatic rings. The van der Waals surface area contributed by atoms with E-state index < -0.39 is 6.10 Å². The molecule has 2 amide bonds. The monoisotopic (exact) mass is 386 g/mol. The molecule has 2 heterocycles. The fraction of sp³-hybridized carbons (Fsp3) is 0.350. The predicted molar refractivity (Wildman–Crippen MR) is 105 cm³/mol. The summed E-state index contributed by atoms with van der Waals surface area (Å²) >= 11 is 1.58. The van der Waals surface area contributed by atoms with E-state index in [1.807, 2.05) is 26.0 Å². The van der Waals surface area contributed by atoms with Crippen molar-refractivity contribution >= 4 is 34.6 Å². The summed E-state index contributed by atoms with van der Waals surface area (Å²) in [5.74, 6) is -0.0312. The van der Waals surface area contributed by atoms with Gasteiger partial charge in [-0.2, -0.15) is 0 Å². The molecular weight excluding hydrogens is 364 g/mol. The number of likely N-dealkylation sites (N-methyl/N-ethyl adjacent to an activating group) is 1. The SMILES string of the molecule is CNC(=O)[C@H]1CN(C(=O)CCC(=O)c2cc(C)sc2C)c2ccccc2O1. The molecular formula is C20H22N2O4S. The Morgan fingerprint density at radius 3 is 2.63 bits per heavy atom. The van der Waals surface area contributed by atoms with Crippen LogP contribution in [-0.2, 0) is 9.59 Å². The molecule has 0 saturated carbocycles. The molecule has 0 saturated heterocycles. The molecule has 7 heteroatoms. The lowest BCUT2D eigenvalue weighted by Gasteiger charge is -2.34. The van der Waals surface area contributed by atoms with Gasteiger partial charge in [0.2, 0.25) is 5.91 Å². The Balaban J connectivity index is 1.74. The van der Waals surface area contributed by atoms with Gasteiger partial charge in [-0.3, -0.25) is 14.4 Å². The molecule has 0 fully saturated rings. The van der Waals surface area contributed by atoms with Crippen LogP contribution in [0.15, 0.2) is 30.3 Å². The molecule has 1 N–H and O–H groups in total. The highest BCUT2D eigenvalue weighted by molar-refractivity contribution is 7.12. The third-order valence-corrected chi connectivity index (χ3v) is 5.49. The van der Waals surface area contributed by atoms with Crippen LogP contribution in [0.25, 0.3) is 0 Å². The van der Waals surface area contributed by atoms with E-state index >= 15 is 0 Å². The summed E-state index contributed by atoms with van der Waals surface area (Å²) in [7, 11) is 1.53. The van der Waals surface area contributed by atoms with Gasteiger partial charge in [-0.25, -0.2) is 0 Å². The third-order valence-electron chi connectivity index (χ3n) is 4.52. The van der Waals surface area contributed by atoms with Gasteiger partial charge in [-0.15, -0.1) is 11.3 Å². The minimum absolute atomic E-state index is 0.0328. The number of hydrogen-bond donors (Lipinski definition) is 1. The number of ether oxygens (including phenoxy) is 1. The number of anilines is 1. The van der Waals surface area contributed by atoms with Crippen molar-refractivity contribution in [2.75, 3.05) is 18.5 Å². The highest BCUT2D eigenvalue weighted by Crippen LogP contribution is 2.33. The molecule has 1 aromatic carbocycles. The summed E-state index contributed by atoms with van der Waals surface area (Å²) in [6, 6.07) is 8.98. The van der Waals surface area contributed by atoms with Gasteiger partial charge >= 0.3 is 0 Å². The van der Waals surface area contributed by atoms with Crippen molar-refractivity contribution in [1.29, 1.82) is 0 Å². The van der Waals surface area contributed by atoms with Gasteiger partial charge in [0.05, 0.1) is 12.2 Å². The number of nitrogens with zero attached hydrogens (tertiary/aromatic N) is 1. The van der Waals surface area contributed by atoms with E-state index in [0.717, 1.165) is 9.75 Å². The second kappa shape index (κ2) is 7.92. The Kier molecular flexibility index (Phi) is 5.60. The number of nitrogens with one attached hydrogen (secondary N) is 1. The molecule has 1 aliphatic heterocycles. The summed E-state index contributed by atoms with van der Waals surface area (Å²) in [5, 5.41) is 2.55. The van der Waals surface area contributed by atoms with E-state index in [1.165, 1.54) is 11.9 Å². The van der Waals surface area contributed by atoms with E-state index in [9.17, 15) is 14.4 Å². The van der Waals surface area contributed by atoms with Crippen LogP contribution in [0.5, 0.6) is 5.75 Å². The van der Waals surface area contributed by atoms with Crippen molar-refractivity contribution in [3.8, 4) is 5.75 Å². The van der Waals surface area contributed by atoms with Crippen molar-refractivity contribution in [1.82, 2.24) is 5.32 Å². The number of carbonyl (C=O) groups is 3. The number of benzene rings is 1. The smallest absolute Gasteiger partial charge is 0.262 e. The first kappa shape index (κ1) is 19.1. The summed E-state index contributed by atoms with van der Waals surface area (Å²) in [5.41, 5.74) is 1.31. The van der Waals surface area contributed by atoms with Crippen LogP contribution in [0.4, 0.5) is 5.69 Å². The van der Waals surface area contributed by atoms with Crippen LogP contribution in [0.2, 0.25) is 0 Å². The zero-order valence-corrected chi connectivity index (χ0v) is 16.4.